The van der Waals surface area contributed by atoms with Crippen molar-refractivity contribution >= 4 is 17.7 Å². The zero-order valence-electron chi connectivity index (χ0n) is 36.0. The molecule has 4 aromatic rings. The summed E-state index contributed by atoms with van der Waals surface area (Å²) >= 11 is 0. The normalized spacial score (nSPS) is 20.1. The van der Waals surface area contributed by atoms with Gasteiger partial charge in [0.15, 0.2) is 0 Å². The Kier molecular flexibility index (Phi) is 14.2. The summed E-state index contributed by atoms with van der Waals surface area (Å²) in [5.74, 6) is -0.675. The molecule has 0 radical (unpaired) electrons. The lowest BCUT2D eigenvalue weighted by Crippen LogP contribution is -2.49. The summed E-state index contributed by atoms with van der Waals surface area (Å²) < 4.78 is 28.5. The molecule has 8 rings (SSSR count). The van der Waals surface area contributed by atoms with Crippen LogP contribution < -0.4 is 20.7 Å². The van der Waals surface area contributed by atoms with Gasteiger partial charge in [-0.1, -0.05) is 30.3 Å². The number of aromatic nitrogens is 3. The van der Waals surface area contributed by atoms with Crippen molar-refractivity contribution in [2.24, 2.45) is 0 Å². The van der Waals surface area contributed by atoms with Gasteiger partial charge in [0.25, 0.3) is 11.8 Å². The van der Waals surface area contributed by atoms with Gasteiger partial charge in [-0.05, 0) is 105 Å². The number of fused-ring (bicyclic) bond motifs is 1. The Morgan fingerprint density at radius 2 is 1.55 bits per heavy atom. The van der Waals surface area contributed by atoms with Gasteiger partial charge in [0, 0.05) is 82.7 Å². The van der Waals surface area contributed by atoms with Crippen LogP contribution in [0.15, 0.2) is 60.8 Å². The molecule has 2 saturated heterocycles. The number of aryl methyl sites for hydroxylation is 2. The average Bonchev–Trinajstić information content (AvgIpc) is 3.71. The molecule has 3 N–H and O–H groups in total. The minimum atomic E-state index is -0.632. The second-order valence-corrected chi connectivity index (χ2v) is 17.5. The summed E-state index contributed by atoms with van der Waals surface area (Å²) in [5.41, 5.74) is 6.05. The summed E-state index contributed by atoms with van der Waals surface area (Å²) in [7, 11) is 0. The highest BCUT2D eigenvalue weighted by atomic mass is 19.1. The smallest absolute Gasteiger partial charge is 0.272 e. The fourth-order valence-corrected chi connectivity index (χ4v) is 9.04. The number of nitrogens with zero attached hydrogens (tertiary/aromatic N) is 6. The maximum atomic E-state index is 14.6. The van der Waals surface area contributed by atoms with Crippen molar-refractivity contribution in [3.63, 3.8) is 0 Å². The van der Waals surface area contributed by atoms with Crippen LogP contribution in [0.1, 0.15) is 90.0 Å². The van der Waals surface area contributed by atoms with E-state index in [-0.39, 0.29) is 41.4 Å². The van der Waals surface area contributed by atoms with E-state index in [9.17, 15) is 18.8 Å². The van der Waals surface area contributed by atoms with Gasteiger partial charge in [-0.15, -0.1) is 0 Å². The lowest BCUT2D eigenvalue weighted by Gasteiger charge is -2.34. The highest BCUT2D eigenvalue weighted by molar-refractivity contribution is 5.96. The number of pyridine rings is 1. The van der Waals surface area contributed by atoms with Crippen molar-refractivity contribution in [3.8, 4) is 22.8 Å². The van der Waals surface area contributed by atoms with Crippen molar-refractivity contribution in [1.82, 2.24) is 45.4 Å². The Hall–Kier alpha value is -5.22. The number of hydrogen-bond acceptors (Lipinski definition) is 10. The third kappa shape index (κ3) is 11.4. The molecule has 5 heterocycles. The van der Waals surface area contributed by atoms with Crippen LogP contribution in [-0.2, 0) is 35.6 Å². The van der Waals surface area contributed by atoms with Crippen molar-refractivity contribution in [3.05, 3.63) is 94.7 Å². The van der Waals surface area contributed by atoms with E-state index in [0.29, 0.717) is 56.9 Å². The van der Waals surface area contributed by atoms with Crippen LogP contribution in [0.3, 0.4) is 0 Å². The number of carbonyl (C=O) groups is 3. The predicted octanol–water partition coefficient (Wildman–Crippen LogP) is 5.16. The van der Waals surface area contributed by atoms with Crippen LogP contribution in [-0.4, -0.2) is 124 Å². The van der Waals surface area contributed by atoms with Crippen LogP contribution in [0, 0.1) is 5.82 Å². The number of rotatable bonds is 14. The van der Waals surface area contributed by atoms with E-state index >= 15 is 0 Å². The third-order valence-corrected chi connectivity index (χ3v) is 12.3. The highest BCUT2D eigenvalue weighted by Crippen LogP contribution is 2.32. The number of benzene rings is 2. The van der Waals surface area contributed by atoms with Crippen LogP contribution in [0.25, 0.3) is 11.1 Å². The summed E-state index contributed by atoms with van der Waals surface area (Å²) in [6, 6.07) is 17.4. The Labute approximate surface area is 363 Å². The van der Waals surface area contributed by atoms with Gasteiger partial charge < -0.3 is 25.4 Å². The Morgan fingerprint density at radius 1 is 0.823 bits per heavy atom. The second kappa shape index (κ2) is 20.3. The average molecular weight is 850 g/mol. The summed E-state index contributed by atoms with van der Waals surface area (Å²) in [5, 5.41) is 13.7. The number of nitrogens with one attached hydrogen (secondary N) is 3. The van der Waals surface area contributed by atoms with E-state index in [2.05, 4.69) is 58.9 Å². The Morgan fingerprint density at radius 3 is 2.29 bits per heavy atom. The maximum Gasteiger partial charge on any atom is 0.272 e. The zero-order valence-corrected chi connectivity index (χ0v) is 36.0. The zero-order chi connectivity index (χ0) is 43.0. The van der Waals surface area contributed by atoms with E-state index in [1.54, 1.807) is 0 Å². The number of ether oxygens (including phenoxy) is 2. The SMILES string of the molecule is CC(C)NC(=O)CN1CCN(Cc2ccc(-c3cccc(Oc4ncc(F)cc4C(=O)N[C@H]4CC[C@@H](NC(=O)c5cc6n(n5)CCCC6)CC4)c3)c(CN3CCOCC3)c2)CC1. The molecule has 1 saturated carbocycles. The summed E-state index contributed by atoms with van der Waals surface area (Å²) in [4.78, 5) is 50.3. The largest absolute Gasteiger partial charge is 0.438 e. The number of carbonyl (C=O) groups excluding carboxylic acids is 3. The first-order chi connectivity index (χ1) is 30.1. The maximum absolute atomic E-state index is 14.6. The van der Waals surface area contributed by atoms with Crippen molar-refractivity contribution in [2.75, 3.05) is 59.0 Å². The molecule has 3 aliphatic heterocycles. The first-order valence-electron chi connectivity index (χ1n) is 22.4. The molecule has 2 aromatic heterocycles. The molecular formula is C47H60FN9O5. The topological polar surface area (TPSA) is 146 Å². The molecule has 4 aliphatic rings. The number of halogens is 1. The third-order valence-electron chi connectivity index (χ3n) is 12.3. The minimum absolute atomic E-state index is 0.0144. The van der Waals surface area contributed by atoms with Crippen LogP contribution >= 0.6 is 0 Å². The lowest BCUT2D eigenvalue weighted by atomic mass is 9.91. The molecule has 14 nitrogen and oxygen atoms in total. The monoisotopic (exact) mass is 849 g/mol. The van der Waals surface area contributed by atoms with Crippen LogP contribution in [0.5, 0.6) is 11.6 Å². The quantitative estimate of drug-likeness (QED) is 0.156. The lowest BCUT2D eigenvalue weighted by molar-refractivity contribution is -0.123. The first kappa shape index (κ1) is 43.4. The van der Waals surface area contributed by atoms with E-state index in [1.165, 1.54) is 17.2 Å². The van der Waals surface area contributed by atoms with Crippen LogP contribution in [0.4, 0.5) is 4.39 Å². The van der Waals surface area contributed by atoms with Gasteiger partial charge in [0.1, 0.15) is 22.8 Å². The van der Waals surface area contributed by atoms with Crippen molar-refractivity contribution in [1.29, 1.82) is 0 Å². The van der Waals surface area contributed by atoms with Crippen molar-refractivity contribution < 1.29 is 28.2 Å². The molecule has 3 fully saturated rings. The molecule has 15 heteroatoms. The van der Waals surface area contributed by atoms with Crippen LogP contribution in [0.2, 0.25) is 0 Å². The van der Waals surface area contributed by atoms with Crippen molar-refractivity contribution in [2.45, 2.75) is 96.6 Å². The predicted molar refractivity (Wildman–Crippen MR) is 233 cm³/mol. The Bertz CT molecular complexity index is 2170. The molecule has 0 unspecified atom stereocenters. The van der Waals surface area contributed by atoms with Gasteiger partial charge in [-0.2, -0.15) is 5.10 Å². The highest BCUT2D eigenvalue weighted by Gasteiger charge is 2.28. The number of piperazine rings is 1. The number of amides is 3. The fraction of sp³-hybridized carbons (Fsp3) is 0.511. The molecule has 330 valence electrons. The Balaban J connectivity index is 0.905. The van der Waals surface area contributed by atoms with Gasteiger partial charge in [0.2, 0.25) is 11.8 Å². The summed E-state index contributed by atoms with van der Waals surface area (Å²) in [6.45, 7) is 13.4. The van der Waals surface area contributed by atoms with E-state index < -0.39 is 11.7 Å². The molecule has 0 bridgehead atoms. The van der Waals surface area contributed by atoms with Gasteiger partial charge in [-0.25, -0.2) is 9.37 Å². The molecule has 0 atom stereocenters. The van der Waals surface area contributed by atoms with Gasteiger partial charge in [0.05, 0.1) is 26.0 Å². The van der Waals surface area contributed by atoms with Gasteiger partial charge >= 0.3 is 0 Å². The second-order valence-electron chi connectivity index (χ2n) is 17.5. The minimum Gasteiger partial charge on any atom is -0.438 e. The number of morpholine rings is 1. The molecule has 1 aliphatic carbocycles. The van der Waals surface area contributed by atoms with E-state index in [1.807, 2.05) is 48.9 Å². The molecule has 62 heavy (non-hydrogen) atoms. The number of hydrogen-bond donors (Lipinski definition) is 3. The summed E-state index contributed by atoms with van der Waals surface area (Å²) in [6.07, 6.45) is 6.93. The molecule has 3 amide bonds. The molecule has 2 aromatic carbocycles. The first-order valence-corrected chi connectivity index (χ1v) is 22.4. The van der Waals surface area contributed by atoms with E-state index in [0.717, 1.165) is 101 Å². The standard InChI is InChI=1S/C47H60FN9O5/c1-32(2)50-44(58)31-55-18-16-54(17-19-55)29-33-9-14-41(35(24-33)30-56-20-22-61-23-21-56)34-6-5-8-40(25-34)62-47-42(26-36(48)28-49-47)45(59)51-37-10-12-38(13-11-37)52-46(60)43-27-39-7-3-4-15-57(39)53-43/h5-6,8-9,14,24-28,32,37-38H,3-4,7,10-13,15-23,29-31H2,1-2H3,(H,50,58)(H,51,59)(H,52,60)/t37-,38+. The molecular weight excluding hydrogens is 790 g/mol. The fourth-order valence-electron chi connectivity index (χ4n) is 9.04. The van der Waals surface area contributed by atoms with E-state index in [4.69, 9.17) is 9.47 Å². The molecule has 0 spiro atoms. The van der Waals surface area contributed by atoms with Gasteiger partial charge in [-0.3, -0.25) is 33.8 Å².